The van der Waals surface area contributed by atoms with E-state index in [4.69, 9.17) is 11.6 Å². The summed E-state index contributed by atoms with van der Waals surface area (Å²) in [4.78, 5) is 11.2. The molecule has 0 saturated carbocycles. The first-order valence-electron chi connectivity index (χ1n) is 5.82. The molecule has 5 nitrogen and oxygen atoms in total. The van der Waals surface area contributed by atoms with Crippen molar-refractivity contribution in [2.24, 2.45) is 5.92 Å². The molecule has 108 valence electrons. The molecule has 1 heterocycles. The predicted octanol–water partition coefficient (Wildman–Crippen LogP) is 2.57. The van der Waals surface area contributed by atoms with Crippen molar-refractivity contribution in [3.8, 4) is 0 Å². The predicted molar refractivity (Wildman–Crippen MR) is 75.1 cm³/mol. The van der Waals surface area contributed by atoms with Crippen molar-refractivity contribution in [1.29, 1.82) is 0 Å². The maximum Gasteiger partial charge on any atom is 0.322 e. The van der Waals surface area contributed by atoms with Gasteiger partial charge < -0.3 is 5.11 Å². The quantitative estimate of drug-likeness (QED) is 0.807. The standard InChI is InChI=1S/C11H16ClNO4S2/c1-3-7(4-2)10(11(14)15)13-19(16,17)9-6-5-8(12)18-9/h5-7,10,13H,3-4H2,1-2H3,(H,14,15)/t10-/m0/s1. The summed E-state index contributed by atoms with van der Waals surface area (Å²) in [5.41, 5.74) is 0. The number of rotatable bonds is 7. The fourth-order valence-electron chi connectivity index (χ4n) is 1.78. The SMILES string of the molecule is CCC(CC)[C@H](NS(=O)(=O)c1ccc(Cl)s1)C(=O)O. The van der Waals surface area contributed by atoms with Gasteiger partial charge in [-0.25, -0.2) is 8.42 Å². The Morgan fingerprint density at radius 3 is 2.37 bits per heavy atom. The van der Waals surface area contributed by atoms with E-state index in [-0.39, 0.29) is 10.1 Å². The summed E-state index contributed by atoms with van der Waals surface area (Å²) in [5, 5.41) is 9.17. The maximum absolute atomic E-state index is 12.1. The number of sulfonamides is 1. The minimum absolute atomic E-state index is 0.0229. The largest absolute Gasteiger partial charge is 0.480 e. The zero-order valence-corrected chi connectivity index (χ0v) is 13.0. The lowest BCUT2D eigenvalue weighted by molar-refractivity contribution is -0.140. The van der Waals surface area contributed by atoms with E-state index in [9.17, 15) is 18.3 Å². The summed E-state index contributed by atoms with van der Waals surface area (Å²) < 4.78 is 26.8. The Morgan fingerprint density at radius 1 is 1.42 bits per heavy atom. The first-order valence-corrected chi connectivity index (χ1v) is 8.50. The topological polar surface area (TPSA) is 83.5 Å². The Labute approximate surface area is 121 Å². The van der Waals surface area contributed by atoms with Gasteiger partial charge in [-0.15, -0.1) is 11.3 Å². The van der Waals surface area contributed by atoms with Crippen LogP contribution in [-0.2, 0) is 14.8 Å². The molecule has 1 aromatic heterocycles. The molecule has 0 aromatic carbocycles. The highest BCUT2D eigenvalue weighted by Gasteiger charge is 2.31. The van der Waals surface area contributed by atoms with Gasteiger partial charge in [0.15, 0.2) is 0 Å². The second-order valence-corrected chi connectivity index (χ2v) is 7.73. The van der Waals surface area contributed by atoms with Crippen LogP contribution in [0.15, 0.2) is 16.3 Å². The average molecular weight is 326 g/mol. The molecule has 0 amide bonds. The Bertz CT molecular complexity index is 537. The molecule has 1 aromatic rings. The number of halogens is 1. The zero-order valence-electron chi connectivity index (χ0n) is 10.6. The van der Waals surface area contributed by atoms with Crippen molar-refractivity contribution < 1.29 is 18.3 Å². The summed E-state index contributed by atoms with van der Waals surface area (Å²) in [6.07, 6.45) is 1.17. The molecular formula is C11H16ClNO4S2. The van der Waals surface area contributed by atoms with Crippen LogP contribution in [-0.4, -0.2) is 25.5 Å². The van der Waals surface area contributed by atoms with Gasteiger partial charge >= 0.3 is 5.97 Å². The van der Waals surface area contributed by atoms with Crippen LogP contribution in [0.5, 0.6) is 0 Å². The van der Waals surface area contributed by atoms with Crippen LogP contribution in [0.25, 0.3) is 0 Å². The monoisotopic (exact) mass is 325 g/mol. The van der Waals surface area contributed by atoms with Crippen molar-refractivity contribution in [2.75, 3.05) is 0 Å². The van der Waals surface area contributed by atoms with Crippen LogP contribution in [0.2, 0.25) is 4.34 Å². The Morgan fingerprint density at radius 2 is 2.00 bits per heavy atom. The lowest BCUT2D eigenvalue weighted by atomic mass is 9.95. The lowest BCUT2D eigenvalue weighted by Crippen LogP contribution is -2.45. The molecule has 0 bridgehead atoms. The highest BCUT2D eigenvalue weighted by Crippen LogP contribution is 2.26. The van der Waals surface area contributed by atoms with Crippen molar-refractivity contribution in [2.45, 2.75) is 36.9 Å². The number of thiophene rings is 1. The molecule has 0 saturated heterocycles. The lowest BCUT2D eigenvalue weighted by Gasteiger charge is -2.21. The van der Waals surface area contributed by atoms with Crippen LogP contribution >= 0.6 is 22.9 Å². The molecule has 0 spiro atoms. The summed E-state index contributed by atoms with van der Waals surface area (Å²) in [7, 11) is -3.85. The molecule has 8 heteroatoms. The van der Waals surface area contributed by atoms with Gasteiger partial charge in [0.2, 0.25) is 0 Å². The average Bonchev–Trinajstić information content (AvgIpc) is 2.76. The second-order valence-electron chi connectivity index (χ2n) is 4.07. The third-order valence-electron chi connectivity index (χ3n) is 2.88. The van der Waals surface area contributed by atoms with E-state index in [1.165, 1.54) is 12.1 Å². The van der Waals surface area contributed by atoms with Gasteiger partial charge in [0.1, 0.15) is 10.3 Å². The van der Waals surface area contributed by atoms with Crippen LogP contribution in [0.3, 0.4) is 0 Å². The normalized spacial score (nSPS) is 13.7. The molecule has 0 fully saturated rings. The van der Waals surface area contributed by atoms with Crippen molar-refractivity contribution >= 4 is 38.9 Å². The van der Waals surface area contributed by atoms with Crippen LogP contribution in [0.4, 0.5) is 0 Å². The maximum atomic E-state index is 12.1. The molecule has 0 unspecified atom stereocenters. The summed E-state index contributed by atoms with van der Waals surface area (Å²) in [5.74, 6) is -1.41. The number of carboxylic acid groups (broad SMARTS) is 1. The van der Waals surface area contributed by atoms with Gasteiger partial charge in [0.25, 0.3) is 10.0 Å². The van der Waals surface area contributed by atoms with Gasteiger partial charge in [0.05, 0.1) is 4.34 Å². The van der Waals surface area contributed by atoms with Crippen LogP contribution < -0.4 is 4.72 Å². The van der Waals surface area contributed by atoms with Gasteiger partial charge in [0, 0.05) is 0 Å². The fourth-order valence-corrected chi connectivity index (χ4v) is 4.53. The smallest absolute Gasteiger partial charge is 0.322 e. The van der Waals surface area contributed by atoms with E-state index in [0.717, 1.165) is 11.3 Å². The van der Waals surface area contributed by atoms with Crippen LogP contribution in [0.1, 0.15) is 26.7 Å². The van der Waals surface area contributed by atoms with Gasteiger partial charge in [-0.1, -0.05) is 38.3 Å². The molecule has 1 rings (SSSR count). The minimum atomic E-state index is -3.85. The van der Waals surface area contributed by atoms with E-state index in [1.54, 1.807) is 0 Å². The Hall–Kier alpha value is -0.630. The molecule has 2 N–H and O–H groups in total. The summed E-state index contributed by atoms with van der Waals surface area (Å²) in [6, 6.07) is 1.70. The molecule has 1 atom stereocenters. The second kappa shape index (κ2) is 6.69. The number of carboxylic acids is 1. The number of hydrogen-bond donors (Lipinski definition) is 2. The third kappa shape index (κ3) is 4.17. The van der Waals surface area contributed by atoms with Crippen molar-refractivity contribution in [1.82, 2.24) is 4.72 Å². The highest BCUT2D eigenvalue weighted by molar-refractivity contribution is 7.91. The van der Waals surface area contributed by atoms with Gasteiger partial charge in [-0.3, -0.25) is 4.79 Å². The molecule has 0 aliphatic carbocycles. The van der Waals surface area contributed by atoms with Crippen LogP contribution in [0, 0.1) is 5.92 Å². The molecular weight excluding hydrogens is 310 g/mol. The van der Waals surface area contributed by atoms with E-state index in [0.29, 0.717) is 17.2 Å². The fraction of sp³-hybridized carbons (Fsp3) is 0.545. The van der Waals surface area contributed by atoms with E-state index < -0.39 is 22.0 Å². The van der Waals surface area contributed by atoms with Crippen molar-refractivity contribution in [3.05, 3.63) is 16.5 Å². The minimum Gasteiger partial charge on any atom is -0.480 e. The molecule has 19 heavy (non-hydrogen) atoms. The summed E-state index contributed by atoms with van der Waals surface area (Å²) in [6.45, 7) is 3.67. The molecule has 0 radical (unpaired) electrons. The van der Waals surface area contributed by atoms with E-state index in [1.807, 2.05) is 13.8 Å². The van der Waals surface area contributed by atoms with Gasteiger partial charge in [-0.05, 0) is 18.1 Å². The van der Waals surface area contributed by atoms with Crippen molar-refractivity contribution in [3.63, 3.8) is 0 Å². The Kier molecular flexibility index (Phi) is 5.79. The zero-order chi connectivity index (χ0) is 14.6. The number of carbonyl (C=O) groups is 1. The first-order chi connectivity index (χ1) is 8.81. The third-order valence-corrected chi connectivity index (χ3v) is 6.05. The highest BCUT2D eigenvalue weighted by atomic mass is 35.5. The number of nitrogens with one attached hydrogen (secondary N) is 1. The first kappa shape index (κ1) is 16.4. The molecule has 0 aliphatic heterocycles. The summed E-state index contributed by atoms with van der Waals surface area (Å²) >= 11 is 6.59. The van der Waals surface area contributed by atoms with Gasteiger partial charge in [-0.2, -0.15) is 4.72 Å². The Balaban J connectivity index is 2.99. The number of aliphatic carboxylic acids is 1. The van der Waals surface area contributed by atoms with E-state index in [2.05, 4.69) is 4.72 Å². The molecule has 0 aliphatic rings. The van der Waals surface area contributed by atoms with E-state index >= 15 is 0 Å². The number of hydrogen-bond acceptors (Lipinski definition) is 4.